The van der Waals surface area contributed by atoms with Gasteiger partial charge in [0.1, 0.15) is 0 Å². The Balaban J connectivity index is 1.64. The smallest absolute Gasteiger partial charge is 0.254 e. The average Bonchev–Trinajstić information content (AvgIpc) is 3.12. The minimum absolute atomic E-state index is 0.0341. The van der Waals surface area contributed by atoms with E-state index in [0.717, 1.165) is 34.5 Å². The van der Waals surface area contributed by atoms with Gasteiger partial charge in [0.15, 0.2) is 0 Å². The highest BCUT2D eigenvalue weighted by atomic mass is 16.5. The lowest BCUT2D eigenvalue weighted by Gasteiger charge is -2.30. The Morgan fingerprint density at radius 1 is 1.25 bits per heavy atom. The minimum atomic E-state index is 0.0341. The standard InChI is InChI=1S/C21H23N5O2/c1-13-19(20-23-14(2)28-24-20)18-8-9-26(12-16(18)11-22-13)21(27)15-6-5-7-17(10-15)25(3)4/h5-7,10-11H,8-9,12H2,1-4H3. The van der Waals surface area contributed by atoms with E-state index in [1.165, 1.54) is 0 Å². The van der Waals surface area contributed by atoms with Crippen LogP contribution in [0.1, 0.15) is 33.1 Å². The second kappa shape index (κ2) is 7.07. The molecule has 1 amide bonds. The van der Waals surface area contributed by atoms with Crippen LogP contribution in [-0.4, -0.2) is 46.6 Å². The SMILES string of the molecule is Cc1nc(-c2c(C)ncc3c2CCN(C(=O)c2cccc(N(C)C)c2)C3)no1. The fourth-order valence-electron chi connectivity index (χ4n) is 3.62. The van der Waals surface area contributed by atoms with Crippen molar-refractivity contribution in [2.75, 3.05) is 25.5 Å². The van der Waals surface area contributed by atoms with Gasteiger partial charge in [0.25, 0.3) is 5.91 Å². The molecule has 0 bridgehead atoms. The maximum Gasteiger partial charge on any atom is 0.254 e. The molecule has 7 nitrogen and oxygen atoms in total. The van der Waals surface area contributed by atoms with Crippen LogP contribution in [0.25, 0.3) is 11.4 Å². The van der Waals surface area contributed by atoms with Gasteiger partial charge in [-0.25, -0.2) is 0 Å². The van der Waals surface area contributed by atoms with Crippen LogP contribution in [0.2, 0.25) is 0 Å². The highest BCUT2D eigenvalue weighted by Crippen LogP contribution is 2.31. The third-order valence-corrected chi connectivity index (χ3v) is 5.11. The first kappa shape index (κ1) is 18.2. The number of hydrogen-bond acceptors (Lipinski definition) is 6. The normalized spacial score (nSPS) is 13.4. The lowest BCUT2D eigenvalue weighted by molar-refractivity contribution is 0.0734. The van der Waals surface area contributed by atoms with Crippen molar-refractivity contribution >= 4 is 11.6 Å². The summed E-state index contributed by atoms with van der Waals surface area (Å²) < 4.78 is 5.16. The number of nitrogens with zero attached hydrogens (tertiary/aromatic N) is 5. The van der Waals surface area contributed by atoms with Crippen LogP contribution in [0, 0.1) is 13.8 Å². The van der Waals surface area contributed by atoms with Crippen LogP contribution in [0.5, 0.6) is 0 Å². The molecule has 0 saturated carbocycles. The first-order chi connectivity index (χ1) is 13.4. The molecule has 1 aliphatic rings. The van der Waals surface area contributed by atoms with Gasteiger partial charge in [0.2, 0.25) is 11.7 Å². The number of pyridine rings is 1. The van der Waals surface area contributed by atoms with E-state index >= 15 is 0 Å². The molecule has 7 heteroatoms. The van der Waals surface area contributed by atoms with Crippen molar-refractivity contribution in [3.05, 3.63) is 58.7 Å². The lowest BCUT2D eigenvalue weighted by atomic mass is 9.94. The van der Waals surface area contributed by atoms with E-state index in [1.54, 1.807) is 6.92 Å². The number of carbonyl (C=O) groups is 1. The molecule has 0 fully saturated rings. The Morgan fingerprint density at radius 3 is 2.79 bits per heavy atom. The lowest BCUT2D eigenvalue weighted by Crippen LogP contribution is -2.36. The van der Waals surface area contributed by atoms with E-state index in [0.29, 0.717) is 30.4 Å². The fraction of sp³-hybridized carbons (Fsp3) is 0.333. The van der Waals surface area contributed by atoms with Crippen LogP contribution >= 0.6 is 0 Å². The number of anilines is 1. The molecule has 2 aromatic heterocycles. The van der Waals surface area contributed by atoms with Crippen molar-refractivity contribution in [1.29, 1.82) is 0 Å². The summed E-state index contributed by atoms with van der Waals surface area (Å²) in [7, 11) is 3.94. The molecular weight excluding hydrogens is 354 g/mol. The Hall–Kier alpha value is -3.22. The van der Waals surface area contributed by atoms with Crippen molar-refractivity contribution in [3.63, 3.8) is 0 Å². The van der Waals surface area contributed by atoms with Crippen molar-refractivity contribution in [1.82, 2.24) is 20.0 Å². The van der Waals surface area contributed by atoms with Crippen LogP contribution in [0.15, 0.2) is 35.0 Å². The topological polar surface area (TPSA) is 75.4 Å². The summed E-state index contributed by atoms with van der Waals surface area (Å²) in [5.74, 6) is 1.13. The van der Waals surface area contributed by atoms with Gasteiger partial charge in [-0.3, -0.25) is 9.78 Å². The zero-order valence-electron chi connectivity index (χ0n) is 16.6. The van der Waals surface area contributed by atoms with Crippen molar-refractivity contribution in [2.45, 2.75) is 26.8 Å². The third kappa shape index (κ3) is 3.24. The van der Waals surface area contributed by atoms with Crippen LogP contribution < -0.4 is 4.90 Å². The van der Waals surface area contributed by atoms with Gasteiger partial charge in [0.05, 0.1) is 0 Å². The van der Waals surface area contributed by atoms with E-state index in [-0.39, 0.29) is 5.91 Å². The second-order valence-corrected chi connectivity index (χ2v) is 7.28. The molecule has 0 saturated heterocycles. The van der Waals surface area contributed by atoms with Gasteiger partial charge in [-0.05, 0) is 42.7 Å². The van der Waals surface area contributed by atoms with Gasteiger partial charge in [-0.1, -0.05) is 11.2 Å². The summed E-state index contributed by atoms with van der Waals surface area (Å²) in [4.78, 5) is 25.8. The molecule has 1 aliphatic heterocycles. The largest absolute Gasteiger partial charge is 0.378 e. The van der Waals surface area contributed by atoms with E-state index < -0.39 is 0 Å². The third-order valence-electron chi connectivity index (χ3n) is 5.11. The van der Waals surface area contributed by atoms with Crippen LogP contribution in [0.3, 0.4) is 0 Å². The number of rotatable bonds is 3. The molecule has 0 atom stereocenters. The van der Waals surface area contributed by atoms with Gasteiger partial charge >= 0.3 is 0 Å². The summed E-state index contributed by atoms with van der Waals surface area (Å²) in [6.07, 6.45) is 2.59. The molecular formula is C21H23N5O2. The van der Waals surface area contributed by atoms with Gasteiger partial charge in [0, 0.05) is 62.8 Å². The van der Waals surface area contributed by atoms with Crippen LogP contribution in [0.4, 0.5) is 5.69 Å². The molecule has 0 aliphatic carbocycles. The zero-order valence-corrected chi connectivity index (χ0v) is 16.6. The number of benzene rings is 1. The van der Waals surface area contributed by atoms with Crippen molar-refractivity contribution in [2.24, 2.45) is 0 Å². The van der Waals surface area contributed by atoms with E-state index in [4.69, 9.17) is 4.52 Å². The van der Waals surface area contributed by atoms with Crippen molar-refractivity contribution < 1.29 is 9.32 Å². The van der Waals surface area contributed by atoms with Gasteiger partial charge in [-0.15, -0.1) is 0 Å². The predicted octanol–water partition coefficient (Wildman–Crippen LogP) is 3.01. The Morgan fingerprint density at radius 2 is 2.07 bits per heavy atom. The monoisotopic (exact) mass is 377 g/mol. The summed E-state index contributed by atoms with van der Waals surface area (Å²) >= 11 is 0. The zero-order chi connectivity index (χ0) is 19.8. The Bertz CT molecular complexity index is 1040. The maximum absolute atomic E-state index is 13.1. The molecule has 144 valence electrons. The summed E-state index contributed by atoms with van der Waals surface area (Å²) in [6, 6.07) is 7.71. The molecule has 0 radical (unpaired) electrons. The number of hydrogen-bond donors (Lipinski definition) is 0. The number of fused-ring (bicyclic) bond motifs is 1. The van der Waals surface area contributed by atoms with Crippen molar-refractivity contribution in [3.8, 4) is 11.4 Å². The quantitative estimate of drug-likeness (QED) is 0.698. The predicted molar refractivity (Wildman–Crippen MR) is 106 cm³/mol. The molecule has 3 heterocycles. The van der Waals surface area contributed by atoms with E-state index in [2.05, 4.69) is 15.1 Å². The molecule has 3 aromatic rings. The number of amides is 1. The molecule has 0 N–H and O–H groups in total. The molecule has 0 spiro atoms. The summed E-state index contributed by atoms with van der Waals surface area (Å²) in [5, 5.41) is 4.07. The van der Waals surface area contributed by atoms with Gasteiger partial charge in [-0.2, -0.15) is 4.98 Å². The Labute approximate surface area is 164 Å². The Kier molecular flexibility index (Phi) is 4.58. The number of aromatic nitrogens is 3. The number of carbonyl (C=O) groups excluding carboxylic acids is 1. The highest BCUT2D eigenvalue weighted by Gasteiger charge is 2.26. The van der Waals surface area contributed by atoms with Crippen LogP contribution in [-0.2, 0) is 13.0 Å². The summed E-state index contributed by atoms with van der Waals surface area (Å²) in [5.41, 5.74) is 5.69. The average molecular weight is 377 g/mol. The minimum Gasteiger partial charge on any atom is -0.378 e. The molecule has 0 unspecified atom stereocenters. The van der Waals surface area contributed by atoms with E-state index in [9.17, 15) is 4.79 Å². The summed E-state index contributed by atoms with van der Waals surface area (Å²) in [6.45, 7) is 4.89. The molecule has 1 aromatic carbocycles. The highest BCUT2D eigenvalue weighted by molar-refractivity contribution is 5.95. The van der Waals surface area contributed by atoms with Gasteiger partial charge < -0.3 is 14.3 Å². The van der Waals surface area contributed by atoms with E-state index in [1.807, 2.05) is 61.3 Å². The molecule has 4 rings (SSSR count). The second-order valence-electron chi connectivity index (χ2n) is 7.28. The fourth-order valence-corrected chi connectivity index (χ4v) is 3.62. The maximum atomic E-state index is 13.1. The first-order valence-corrected chi connectivity index (χ1v) is 9.28. The molecule has 28 heavy (non-hydrogen) atoms. The first-order valence-electron chi connectivity index (χ1n) is 9.28. The number of aryl methyl sites for hydroxylation is 2.